The lowest BCUT2D eigenvalue weighted by atomic mass is 10.1. The van der Waals surface area contributed by atoms with Crippen molar-refractivity contribution in [1.29, 1.82) is 0 Å². The summed E-state index contributed by atoms with van der Waals surface area (Å²) in [6.07, 6.45) is 3.24. The summed E-state index contributed by atoms with van der Waals surface area (Å²) in [5, 5.41) is 3.19. The molecule has 4 nitrogen and oxygen atoms in total. The van der Waals surface area contributed by atoms with E-state index in [2.05, 4.69) is 10.3 Å². The minimum Gasteiger partial charge on any atom is -0.312 e. The fraction of sp³-hybridized carbons (Fsp3) is 0.615. The molecule has 18 heavy (non-hydrogen) atoms. The van der Waals surface area contributed by atoms with Crippen LogP contribution in [0.4, 0.5) is 0 Å². The van der Waals surface area contributed by atoms with Crippen molar-refractivity contribution in [3.8, 4) is 0 Å². The summed E-state index contributed by atoms with van der Waals surface area (Å²) in [6, 6.07) is 4.12. The quantitative estimate of drug-likeness (QED) is 0.821. The molecule has 5 heteroatoms. The Kier molecular flexibility index (Phi) is 5.75. The van der Waals surface area contributed by atoms with Crippen molar-refractivity contribution < 1.29 is 8.42 Å². The molecule has 0 spiro atoms. The van der Waals surface area contributed by atoms with E-state index in [1.54, 1.807) is 13.1 Å². The van der Waals surface area contributed by atoms with E-state index in [4.69, 9.17) is 0 Å². The second-order valence-electron chi connectivity index (χ2n) is 4.48. The van der Waals surface area contributed by atoms with Gasteiger partial charge < -0.3 is 5.32 Å². The van der Waals surface area contributed by atoms with Crippen LogP contribution < -0.4 is 5.32 Å². The Morgan fingerprint density at radius 1 is 1.44 bits per heavy atom. The van der Waals surface area contributed by atoms with Gasteiger partial charge in [-0.25, -0.2) is 8.42 Å². The average molecular weight is 270 g/mol. The predicted octanol–water partition coefficient (Wildman–Crippen LogP) is 1.87. The maximum Gasteiger partial charge on any atom is 0.150 e. The summed E-state index contributed by atoms with van der Waals surface area (Å²) in [7, 11) is -0.984. The van der Waals surface area contributed by atoms with Gasteiger partial charge in [0.25, 0.3) is 0 Å². The number of aromatic nitrogens is 1. The molecule has 0 aliphatic carbocycles. The lowest BCUT2D eigenvalue weighted by molar-refractivity contribution is 0.524. The van der Waals surface area contributed by atoms with Gasteiger partial charge in [-0.05, 0) is 44.5 Å². The Hall–Kier alpha value is -0.940. The first-order valence-electron chi connectivity index (χ1n) is 6.28. The van der Waals surface area contributed by atoms with Crippen molar-refractivity contribution in [2.24, 2.45) is 0 Å². The highest BCUT2D eigenvalue weighted by Crippen LogP contribution is 2.17. The van der Waals surface area contributed by atoms with Crippen LogP contribution in [-0.2, 0) is 9.84 Å². The standard InChI is InChI=1S/C13H22N2O2S/c1-4-18(16,17)9-5-6-12(14-3)13-10-11(2)7-8-15-13/h7-8,10,12,14H,4-6,9H2,1-3H3. The number of sulfone groups is 1. The molecular formula is C13H22N2O2S. The van der Waals surface area contributed by atoms with Crippen LogP contribution in [0.3, 0.4) is 0 Å². The van der Waals surface area contributed by atoms with Gasteiger partial charge in [0, 0.05) is 18.0 Å². The molecule has 0 aliphatic heterocycles. The zero-order valence-corrected chi connectivity index (χ0v) is 12.1. The van der Waals surface area contributed by atoms with Crippen LogP contribution in [0.2, 0.25) is 0 Å². The van der Waals surface area contributed by atoms with E-state index in [1.807, 2.05) is 26.1 Å². The van der Waals surface area contributed by atoms with E-state index in [0.29, 0.717) is 6.42 Å². The Balaban J connectivity index is 2.58. The third-order valence-corrected chi connectivity index (χ3v) is 4.82. The lowest BCUT2D eigenvalue weighted by Gasteiger charge is -2.15. The molecule has 1 N–H and O–H groups in total. The molecule has 1 heterocycles. The van der Waals surface area contributed by atoms with Gasteiger partial charge >= 0.3 is 0 Å². The van der Waals surface area contributed by atoms with E-state index in [0.717, 1.165) is 12.1 Å². The minimum atomic E-state index is -2.86. The summed E-state index contributed by atoms with van der Waals surface area (Å²) in [5.74, 6) is 0.480. The molecule has 1 unspecified atom stereocenters. The molecule has 0 bridgehead atoms. The van der Waals surface area contributed by atoms with Gasteiger partial charge in [0.2, 0.25) is 0 Å². The zero-order valence-electron chi connectivity index (χ0n) is 11.3. The Morgan fingerprint density at radius 3 is 2.72 bits per heavy atom. The molecule has 1 atom stereocenters. The number of nitrogens with zero attached hydrogens (tertiary/aromatic N) is 1. The molecule has 102 valence electrons. The third-order valence-electron chi connectivity index (χ3n) is 3.03. The SMILES string of the molecule is CCS(=O)(=O)CCCC(NC)c1cc(C)ccn1. The lowest BCUT2D eigenvalue weighted by Crippen LogP contribution is -2.19. The van der Waals surface area contributed by atoms with Crippen molar-refractivity contribution in [1.82, 2.24) is 10.3 Å². The molecule has 0 amide bonds. The van der Waals surface area contributed by atoms with Gasteiger partial charge in [0.05, 0.1) is 11.4 Å². The fourth-order valence-electron chi connectivity index (χ4n) is 1.84. The highest BCUT2D eigenvalue weighted by Gasteiger charge is 2.13. The highest BCUT2D eigenvalue weighted by atomic mass is 32.2. The van der Waals surface area contributed by atoms with E-state index in [-0.39, 0.29) is 17.5 Å². The van der Waals surface area contributed by atoms with Crippen LogP contribution in [0, 0.1) is 6.92 Å². The molecule has 1 aromatic rings. The van der Waals surface area contributed by atoms with Gasteiger partial charge in [-0.2, -0.15) is 0 Å². The Morgan fingerprint density at radius 2 is 2.17 bits per heavy atom. The second-order valence-corrected chi connectivity index (χ2v) is 6.95. The maximum absolute atomic E-state index is 11.4. The monoisotopic (exact) mass is 270 g/mol. The van der Waals surface area contributed by atoms with Crippen LogP contribution in [0.15, 0.2) is 18.3 Å². The smallest absolute Gasteiger partial charge is 0.150 e. The van der Waals surface area contributed by atoms with Crippen molar-refractivity contribution in [2.45, 2.75) is 32.7 Å². The first-order chi connectivity index (χ1) is 8.48. The van der Waals surface area contributed by atoms with Crippen molar-refractivity contribution in [3.63, 3.8) is 0 Å². The largest absolute Gasteiger partial charge is 0.312 e. The summed E-state index contributed by atoms with van der Waals surface area (Å²) in [4.78, 5) is 4.33. The molecule has 0 aliphatic rings. The third kappa shape index (κ3) is 4.74. The van der Waals surface area contributed by atoms with Crippen LogP contribution >= 0.6 is 0 Å². The van der Waals surface area contributed by atoms with Crippen molar-refractivity contribution >= 4 is 9.84 Å². The van der Waals surface area contributed by atoms with Crippen LogP contribution in [-0.4, -0.2) is 32.0 Å². The van der Waals surface area contributed by atoms with Gasteiger partial charge in [0.15, 0.2) is 0 Å². The van der Waals surface area contributed by atoms with Crippen molar-refractivity contribution in [3.05, 3.63) is 29.6 Å². The zero-order chi connectivity index (χ0) is 13.6. The Labute approximate surface area is 110 Å². The molecule has 0 saturated heterocycles. The molecule has 0 saturated carbocycles. The molecule has 0 fully saturated rings. The van der Waals surface area contributed by atoms with Crippen LogP contribution in [0.5, 0.6) is 0 Å². The molecule has 0 radical (unpaired) electrons. The minimum absolute atomic E-state index is 0.122. The first-order valence-corrected chi connectivity index (χ1v) is 8.11. The molecular weight excluding hydrogens is 248 g/mol. The number of pyridine rings is 1. The van der Waals surface area contributed by atoms with E-state index in [9.17, 15) is 8.42 Å². The highest BCUT2D eigenvalue weighted by molar-refractivity contribution is 7.91. The topological polar surface area (TPSA) is 59.1 Å². The van der Waals surface area contributed by atoms with Crippen LogP contribution in [0.1, 0.15) is 37.1 Å². The average Bonchev–Trinajstić information content (AvgIpc) is 2.34. The van der Waals surface area contributed by atoms with Gasteiger partial charge in [-0.15, -0.1) is 0 Å². The van der Waals surface area contributed by atoms with E-state index >= 15 is 0 Å². The summed E-state index contributed by atoms with van der Waals surface area (Å²) in [6.45, 7) is 3.71. The van der Waals surface area contributed by atoms with Gasteiger partial charge in [-0.1, -0.05) is 6.92 Å². The molecule has 1 aromatic heterocycles. The summed E-state index contributed by atoms with van der Waals surface area (Å²) >= 11 is 0. The molecule has 1 rings (SSSR count). The number of rotatable bonds is 7. The normalized spacial score (nSPS) is 13.5. The number of nitrogens with one attached hydrogen (secondary N) is 1. The van der Waals surface area contributed by atoms with E-state index < -0.39 is 9.84 Å². The number of hydrogen-bond donors (Lipinski definition) is 1. The number of hydrogen-bond acceptors (Lipinski definition) is 4. The van der Waals surface area contributed by atoms with E-state index in [1.165, 1.54) is 5.56 Å². The summed E-state index contributed by atoms with van der Waals surface area (Å²) < 4.78 is 22.8. The fourth-order valence-corrected chi connectivity index (χ4v) is 2.74. The predicted molar refractivity (Wildman–Crippen MR) is 74.3 cm³/mol. The van der Waals surface area contributed by atoms with Crippen LogP contribution in [0.25, 0.3) is 0 Å². The van der Waals surface area contributed by atoms with Gasteiger partial charge in [-0.3, -0.25) is 4.98 Å². The van der Waals surface area contributed by atoms with Gasteiger partial charge in [0.1, 0.15) is 9.84 Å². The Bertz CT molecular complexity index is 472. The first kappa shape index (κ1) is 15.1. The maximum atomic E-state index is 11.4. The second kappa shape index (κ2) is 6.85. The number of aryl methyl sites for hydroxylation is 1. The molecule has 0 aromatic carbocycles. The van der Waals surface area contributed by atoms with Crippen molar-refractivity contribution in [2.75, 3.05) is 18.6 Å². The summed E-state index contributed by atoms with van der Waals surface area (Å²) in [5.41, 5.74) is 2.15.